The van der Waals surface area contributed by atoms with Gasteiger partial charge in [-0.05, 0) is 37.1 Å². The lowest BCUT2D eigenvalue weighted by atomic mass is 10.1. The van der Waals surface area contributed by atoms with Crippen molar-refractivity contribution in [2.24, 2.45) is 0 Å². The van der Waals surface area contributed by atoms with E-state index in [1.165, 1.54) is 11.1 Å². The number of rotatable bonds is 3. The van der Waals surface area contributed by atoms with E-state index in [2.05, 4.69) is 64.5 Å². The first-order chi connectivity index (χ1) is 7.27. The van der Waals surface area contributed by atoms with Crippen LogP contribution in [0.25, 0.3) is 5.57 Å². The third-order valence-electron chi connectivity index (χ3n) is 1.99. The second kappa shape index (κ2) is 6.41. The highest BCUT2D eigenvalue weighted by Gasteiger charge is 1.95. The summed E-state index contributed by atoms with van der Waals surface area (Å²) in [6, 6.07) is 8.34. The van der Waals surface area contributed by atoms with E-state index in [1.54, 1.807) is 0 Å². The van der Waals surface area contributed by atoms with Crippen LogP contribution in [0.3, 0.4) is 0 Å². The van der Waals surface area contributed by atoms with Crippen LogP contribution in [-0.2, 0) is 0 Å². The van der Waals surface area contributed by atoms with Crippen molar-refractivity contribution in [2.75, 3.05) is 0 Å². The molecule has 0 fully saturated rings. The fourth-order valence-corrected chi connectivity index (χ4v) is 1.53. The Morgan fingerprint density at radius 2 is 1.73 bits per heavy atom. The average Bonchev–Trinajstić information content (AvgIpc) is 2.25. The topological polar surface area (TPSA) is 0 Å². The van der Waals surface area contributed by atoms with Crippen LogP contribution < -0.4 is 0 Å². The molecule has 1 rings (SSSR count). The zero-order chi connectivity index (χ0) is 11.1. The van der Waals surface area contributed by atoms with Crippen LogP contribution in [-0.4, -0.2) is 0 Å². The Bertz CT molecular complexity index is 380. The van der Waals surface area contributed by atoms with E-state index in [0.717, 1.165) is 4.47 Å². The van der Waals surface area contributed by atoms with E-state index in [9.17, 15) is 0 Å². The highest BCUT2D eigenvalue weighted by molar-refractivity contribution is 9.10. The van der Waals surface area contributed by atoms with Crippen molar-refractivity contribution in [1.82, 2.24) is 0 Å². The van der Waals surface area contributed by atoms with E-state index in [-0.39, 0.29) is 0 Å². The summed E-state index contributed by atoms with van der Waals surface area (Å²) in [4.78, 5) is 0. The summed E-state index contributed by atoms with van der Waals surface area (Å²) < 4.78 is 1.11. The number of hydrogen-bond donors (Lipinski definition) is 0. The SMILES string of the molecule is C\C=C/C(=C\C=C\C)c1ccc(Br)cc1. The van der Waals surface area contributed by atoms with Gasteiger partial charge in [0, 0.05) is 4.47 Å². The fraction of sp³-hybridized carbons (Fsp3) is 0.143. The summed E-state index contributed by atoms with van der Waals surface area (Å²) in [7, 11) is 0. The number of allylic oxidation sites excluding steroid dienone is 6. The van der Waals surface area contributed by atoms with Gasteiger partial charge in [0.25, 0.3) is 0 Å². The molecule has 0 bridgehead atoms. The molecule has 0 aliphatic heterocycles. The third kappa shape index (κ3) is 3.88. The Morgan fingerprint density at radius 1 is 1.07 bits per heavy atom. The molecule has 0 nitrogen and oxygen atoms in total. The van der Waals surface area contributed by atoms with E-state index in [4.69, 9.17) is 0 Å². The summed E-state index contributed by atoms with van der Waals surface area (Å²) in [6.07, 6.45) is 10.4. The molecule has 0 heterocycles. The van der Waals surface area contributed by atoms with Crippen molar-refractivity contribution in [3.63, 3.8) is 0 Å². The Balaban J connectivity index is 3.04. The quantitative estimate of drug-likeness (QED) is 0.674. The number of halogens is 1. The first-order valence-electron chi connectivity index (χ1n) is 4.99. The molecule has 0 aromatic heterocycles. The molecule has 1 aromatic carbocycles. The molecule has 1 aromatic rings. The fourth-order valence-electron chi connectivity index (χ4n) is 1.27. The van der Waals surface area contributed by atoms with Crippen LogP contribution >= 0.6 is 15.9 Å². The standard InChI is InChI=1S/C14H15Br/c1-3-5-7-12(6-4-2)13-8-10-14(15)11-9-13/h3-11H,1-2H3/b5-3+,6-4-,12-7+. The minimum atomic E-state index is 1.11. The van der Waals surface area contributed by atoms with Crippen LogP contribution in [0.5, 0.6) is 0 Å². The van der Waals surface area contributed by atoms with Crippen LogP contribution in [0, 0.1) is 0 Å². The predicted octanol–water partition coefficient (Wildman–Crippen LogP) is 4.98. The van der Waals surface area contributed by atoms with E-state index < -0.39 is 0 Å². The van der Waals surface area contributed by atoms with Crippen molar-refractivity contribution in [1.29, 1.82) is 0 Å². The molecule has 0 aliphatic carbocycles. The van der Waals surface area contributed by atoms with Gasteiger partial charge in [-0.2, -0.15) is 0 Å². The molecule has 0 saturated carbocycles. The van der Waals surface area contributed by atoms with Crippen LogP contribution in [0.4, 0.5) is 0 Å². The Labute approximate surface area is 100 Å². The normalized spacial score (nSPS) is 12.9. The molecule has 15 heavy (non-hydrogen) atoms. The number of hydrogen-bond acceptors (Lipinski definition) is 0. The van der Waals surface area contributed by atoms with Gasteiger partial charge in [0.1, 0.15) is 0 Å². The van der Waals surface area contributed by atoms with Gasteiger partial charge < -0.3 is 0 Å². The van der Waals surface area contributed by atoms with E-state index >= 15 is 0 Å². The molecule has 78 valence electrons. The highest BCUT2D eigenvalue weighted by Crippen LogP contribution is 2.19. The molecule has 1 heteroatoms. The molecule has 0 aliphatic rings. The summed E-state index contributed by atoms with van der Waals surface area (Å²) >= 11 is 3.43. The summed E-state index contributed by atoms with van der Waals surface area (Å²) in [5, 5.41) is 0. The van der Waals surface area contributed by atoms with Crippen LogP contribution in [0.1, 0.15) is 19.4 Å². The number of benzene rings is 1. The maximum Gasteiger partial charge on any atom is 0.0175 e. The summed E-state index contributed by atoms with van der Waals surface area (Å²) in [6.45, 7) is 4.05. The van der Waals surface area contributed by atoms with Crippen LogP contribution in [0.15, 0.2) is 59.1 Å². The summed E-state index contributed by atoms with van der Waals surface area (Å²) in [5.41, 5.74) is 2.46. The van der Waals surface area contributed by atoms with Gasteiger partial charge in [-0.3, -0.25) is 0 Å². The van der Waals surface area contributed by atoms with Gasteiger partial charge >= 0.3 is 0 Å². The minimum absolute atomic E-state index is 1.11. The van der Waals surface area contributed by atoms with Gasteiger partial charge in [-0.1, -0.05) is 58.4 Å². The largest absolute Gasteiger partial charge is 0.0876 e. The van der Waals surface area contributed by atoms with Gasteiger partial charge in [0.2, 0.25) is 0 Å². The highest BCUT2D eigenvalue weighted by atomic mass is 79.9. The van der Waals surface area contributed by atoms with Crippen molar-refractivity contribution in [3.8, 4) is 0 Å². The van der Waals surface area contributed by atoms with E-state index in [0.29, 0.717) is 0 Å². The molecular formula is C14H15Br. The van der Waals surface area contributed by atoms with Gasteiger partial charge in [0.05, 0.1) is 0 Å². The molecule has 0 spiro atoms. The average molecular weight is 263 g/mol. The second-order valence-corrected chi connectivity index (χ2v) is 4.07. The first-order valence-corrected chi connectivity index (χ1v) is 5.79. The lowest BCUT2D eigenvalue weighted by Crippen LogP contribution is -1.79. The zero-order valence-corrected chi connectivity index (χ0v) is 10.7. The van der Waals surface area contributed by atoms with Gasteiger partial charge in [-0.15, -0.1) is 0 Å². The second-order valence-electron chi connectivity index (χ2n) is 3.15. The lowest BCUT2D eigenvalue weighted by molar-refractivity contribution is 1.57. The van der Waals surface area contributed by atoms with Crippen molar-refractivity contribution >= 4 is 21.5 Å². The maximum atomic E-state index is 3.43. The lowest BCUT2D eigenvalue weighted by Gasteiger charge is -2.01. The van der Waals surface area contributed by atoms with Crippen LogP contribution in [0.2, 0.25) is 0 Å². The molecular weight excluding hydrogens is 248 g/mol. The Kier molecular flexibility index (Phi) is 5.13. The van der Waals surface area contributed by atoms with Crippen molar-refractivity contribution in [3.05, 3.63) is 64.7 Å². The molecule has 0 radical (unpaired) electrons. The molecule has 0 unspecified atom stereocenters. The summed E-state index contributed by atoms with van der Waals surface area (Å²) in [5.74, 6) is 0. The van der Waals surface area contributed by atoms with Crippen molar-refractivity contribution in [2.45, 2.75) is 13.8 Å². The molecule has 0 saturated heterocycles. The smallest absolute Gasteiger partial charge is 0.0175 e. The molecule has 0 atom stereocenters. The van der Waals surface area contributed by atoms with Gasteiger partial charge in [0.15, 0.2) is 0 Å². The third-order valence-corrected chi connectivity index (χ3v) is 2.52. The first kappa shape index (κ1) is 12.0. The maximum absolute atomic E-state index is 3.43. The molecule has 0 N–H and O–H groups in total. The zero-order valence-electron chi connectivity index (χ0n) is 9.07. The Morgan fingerprint density at radius 3 is 2.27 bits per heavy atom. The minimum Gasteiger partial charge on any atom is -0.0876 e. The van der Waals surface area contributed by atoms with Gasteiger partial charge in [-0.25, -0.2) is 0 Å². The monoisotopic (exact) mass is 262 g/mol. The van der Waals surface area contributed by atoms with Crippen molar-refractivity contribution < 1.29 is 0 Å². The molecule has 0 amide bonds. The predicted molar refractivity (Wildman–Crippen MR) is 71.7 cm³/mol. The Hall–Kier alpha value is -1.08. The van der Waals surface area contributed by atoms with E-state index in [1.807, 2.05) is 19.9 Å².